The summed E-state index contributed by atoms with van der Waals surface area (Å²) in [6, 6.07) is 35.7. The quantitative estimate of drug-likeness (QED) is 0.263. The van der Waals surface area contributed by atoms with Gasteiger partial charge in [0, 0.05) is 0 Å². The van der Waals surface area contributed by atoms with E-state index in [9.17, 15) is 0 Å². The van der Waals surface area contributed by atoms with Gasteiger partial charge in [-0.05, 0) is 0 Å². The van der Waals surface area contributed by atoms with Crippen molar-refractivity contribution in [2.24, 2.45) is 0 Å². The van der Waals surface area contributed by atoms with Crippen LogP contribution in [0.1, 0.15) is 0 Å². The van der Waals surface area contributed by atoms with E-state index < -0.39 is 21.3 Å². The molecule has 0 spiro atoms. The first-order valence-electron chi connectivity index (χ1n) is 9.41. The molecule has 0 aliphatic heterocycles. The molecule has 1 aromatic heterocycles. The van der Waals surface area contributed by atoms with Crippen molar-refractivity contribution < 1.29 is 16.0 Å². The molecule has 0 radical (unpaired) electrons. The van der Waals surface area contributed by atoms with Crippen LogP contribution in [0.25, 0.3) is 21.5 Å². The van der Waals surface area contributed by atoms with Crippen molar-refractivity contribution >= 4 is 72.1 Å². The van der Waals surface area contributed by atoms with Crippen LogP contribution in [0, 0.1) is 0 Å². The molecule has 0 amide bonds. The van der Waals surface area contributed by atoms with E-state index >= 15 is 0 Å². The topological polar surface area (TPSA) is 74.6 Å². The molecule has 156 valence electrons. The zero-order valence-electron chi connectivity index (χ0n) is 16.3. The minimum atomic E-state index is -5.25. The molecular formula is C24H19O4PSe2. The Morgan fingerprint density at radius 3 is 1.52 bits per heavy atom. The number of benzene rings is 4. The van der Waals surface area contributed by atoms with E-state index in [1.54, 1.807) is 4.18 Å². The predicted molar refractivity (Wildman–Crippen MR) is 129 cm³/mol. The van der Waals surface area contributed by atoms with Crippen LogP contribution in [0.2, 0.25) is 0 Å². The molecule has 0 unspecified atom stereocenters. The standard InChI is InChI=1S/C24H17PSe.H2O4Se/c1-3-12-20-18(8-1)10-5-14-22(20)25(24-16-7-17-26-24)23-15-6-11-19-9-2-4-13-21(19)23;1-5(2,3)4/h1-17H;(H2,1,2,3,4). The summed E-state index contributed by atoms with van der Waals surface area (Å²) < 4.78 is 33.5. The molecule has 0 bridgehead atoms. The summed E-state index contributed by atoms with van der Waals surface area (Å²) in [5.74, 6) is 0. The van der Waals surface area contributed by atoms with E-state index in [-0.39, 0.29) is 0 Å². The molecule has 5 rings (SSSR count). The van der Waals surface area contributed by atoms with Crippen molar-refractivity contribution in [2.45, 2.75) is 0 Å². The summed E-state index contributed by atoms with van der Waals surface area (Å²) in [5, 5.41) is 8.39. The summed E-state index contributed by atoms with van der Waals surface area (Å²) >= 11 is -4.81. The Hall–Kier alpha value is -2.13. The SMILES string of the molecule is O=[Se](=O)(O)O.c1c[se]c(P(c2cccc3ccccc23)c2cccc3ccccc23)c1. The van der Waals surface area contributed by atoms with Crippen LogP contribution in [-0.2, 0) is 7.67 Å². The van der Waals surface area contributed by atoms with E-state index in [1.807, 2.05) is 0 Å². The molecule has 0 saturated carbocycles. The molecular weight excluding hydrogens is 541 g/mol. The molecule has 0 aliphatic carbocycles. The van der Waals surface area contributed by atoms with Crippen molar-refractivity contribution in [1.29, 1.82) is 0 Å². The molecule has 4 nitrogen and oxygen atoms in total. The van der Waals surface area contributed by atoms with E-state index in [2.05, 4.69) is 102 Å². The van der Waals surface area contributed by atoms with Crippen molar-refractivity contribution in [3.63, 3.8) is 0 Å². The molecule has 4 aromatic carbocycles. The van der Waals surface area contributed by atoms with E-state index in [1.165, 1.54) is 32.2 Å². The zero-order valence-corrected chi connectivity index (χ0v) is 20.6. The molecule has 7 heteroatoms. The predicted octanol–water partition coefficient (Wildman–Crippen LogP) is 3.08. The van der Waals surface area contributed by atoms with Gasteiger partial charge in [0.05, 0.1) is 0 Å². The number of fused-ring (bicyclic) bond motifs is 2. The minimum absolute atomic E-state index is 0.444. The van der Waals surface area contributed by atoms with Crippen molar-refractivity contribution in [3.05, 3.63) is 102 Å². The Kier molecular flexibility index (Phi) is 6.81. The van der Waals surface area contributed by atoms with Gasteiger partial charge in [-0.15, -0.1) is 0 Å². The number of rotatable bonds is 3. The Bertz CT molecular complexity index is 1330. The average Bonchev–Trinajstić information content (AvgIpc) is 3.28. The maximum absolute atomic E-state index is 8.82. The Morgan fingerprint density at radius 1 is 0.613 bits per heavy atom. The summed E-state index contributed by atoms with van der Waals surface area (Å²) in [7, 11) is -0.525. The first kappa shape index (κ1) is 22.1. The van der Waals surface area contributed by atoms with Gasteiger partial charge in [0.2, 0.25) is 0 Å². The molecule has 0 aliphatic rings. The average molecular weight is 560 g/mol. The van der Waals surface area contributed by atoms with Gasteiger partial charge in [-0.25, -0.2) is 0 Å². The number of hydrogen-bond acceptors (Lipinski definition) is 2. The molecule has 5 aromatic rings. The molecule has 0 atom stereocenters. The third-order valence-corrected chi connectivity index (χ3v) is 10.2. The van der Waals surface area contributed by atoms with Gasteiger partial charge in [-0.1, -0.05) is 0 Å². The fourth-order valence-corrected chi connectivity index (χ4v) is 9.17. The monoisotopic (exact) mass is 562 g/mol. The zero-order chi connectivity index (χ0) is 21.8. The van der Waals surface area contributed by atoms with Crippen molar-refractivity contribution in [2.75, 3.05) is 0 Å². The van der Waals surface area contributed by atoms with Gasteiger partial charge in [-0.2, -0.15) is 0 Å². The van der Waals surface area contributed by atoms with Crippen molar-refractivity contribution in [3.8, 4) is 0 Å². The third kappa shape index (κ3) is 5.38. The third-order valence-electron chi connectivity index (χ3n) is 4.74. The van der Waals surface area contributed by atoms with Crippen LogP contribution in [0.5, 0.6) is 0 Å². The van der Waals surface area contributed by atoms with Gasteiger partial charge in [0.1, 0.15) is 0 Å². The first-order chi connectivity index (χ1) is 14.9. The summed E-state index contributed by atoms with van der Waals surface area (Å²) in [5.41, 5.74) is 0. The van der Waals surface area contributed by atoms with Gasteiger partial charge in [-0.3, -0.25) is 0 Å². The summed E-state index contributed by atoms with van der Waals surface area (Å²) in [6.45, 7) is 0. The molecule has 31 heavy (non-hydrogen) atoms. The van der Waals surface area contributed by atoms with Crippen molar-refractivity contribution in [1.82, 2.24) is 0 Å². The second-order valence-electron chi connectivity index (χ2n) is 6.73. The number of hydrogen-bond donors (Lipinski definition) is 2. The Morgan fingerprint density at radius 2 is 1.06 bits per heavy atom. The van der Waals surface area contributed by atoms with Gasteiger partial charge >= 0.3 is 190 Å². The van der Waals surface area contributed by atoms with Gasteiger partial charge < -0.3 is 0 Å². The summed E-state index contributed by atoms with van der Waals surface area (Å²) in [4.78, 5) is 2.34. The fourth-order valence-electron chi connectivity index (χ4n) is 3.57. The van der Waals surface area contributed by atoms with Crippen LogP contribution in [0.3, 0.4) is 0 Å². The van der Waals surface area contributed by atoms with Crippen LogP contribution in [0.4, 0.5) is 0 Å². The van der Waals surface area contributed by atoms with Crippen LogP contribution < -0.4 is 14.8 Å². The molecule has 2 N–H and O–H groups in total. The Balaban J connectivity index is 0.000000418. The maximum atomic E-state index is 8.82. The van der Waals surface area contributed by atoms with Crippen LogP contribution in [-0.4, -0.2) is 36.2 Å². The van der Waals surface area contributed by atoms with Crippen LogP contribution >= 0.6 is 7.92 Å². The van der Waals surface area contributed by atoms with Gasteiger partial charge in [0.25, 0.3) is 0 Å². The normalized spacial score (nSPS) is 11.5. The van der Waals surface area contributed by atoms with Crippen LogP contribution in [0.15, 0.2) is 102 Å². The first-order valence-corrected chi connectivity index (χ1v) is 15.5. The van der Waals surface area contributed by atoms with E-state index in [0.717, 1.165) is 0 Å². The second-order valence-corrected chi connectivity index (χ2v) is 13.4. The molecule has 0 saturated heterocycles. The fraction of sp³-hybridized carbons (Fsp3) is 0. The molecule has 0 fully saturated rings. The van der Waals surface area contributed by atoms with Gasteiger partial charge in [0.15, 0.2) is 0 Å². The summed E-state index contributed by atoms with van der Waals surface area (Å²) in [6.07, 6.45) is 0. The van der Waals surface area contributed by atoms with E-state index in [0.29, 0.717) is 14.5 Å². The molecule has 1 heterocycles. The second kappa shape index (κ2) is 9.56. The van der Waals surface area contributed by atoms with E-state index in [4.69, 9.17) is 16.0 Å². The Labute approximate surface area is 189 Å².